The lowest BCUT2D eigenvalue weighted by molar-refractivity contribution is 0.0981. The van der Waals surface area contributed by atoms with Crippen LogP contribution in [0, 0.1) is 20.8 Å². The van der Waals surface area contributed by atoms with Crippen LogP contribution in [0.25, 0.3) is 0 Å². The van der Waals surface area contributed by atoms with E-state index in [0.717, 1.165) is 22.4 Å². The number of pyridine rings is 1. The third-order valence-electron chi connectivity index (χ3n) is 3.11. The highest BCUT2D eigenvalue weighted by molar-refractivity contribution is 5.94. The molecule has 0 aliphatic heterocycles. The second-order valence-corrected chi connectivity index (χ2v) is 4.73. The molecule has 104 valence electrons. The van der Waals surface area contributed by atoms with Crippen LogP contribution in [0.4, 0.5) is 0 Å². The number of hydrogen-bond donors (Lipinski definition) is 0. The fraction of sp³-hybridized carbons (Fsp3) is 0.333. The van der Waals surface area contributed by atoms with Gasteiger partial charge in [0.1, 0.15) is 5.75 Å². The van der Waals surface area contributed by atoms with Crippen molar-refractivity contribution < 1.29 is 9.53 Å². The number of carbonyl (C=O) groups excluding carboxylic acids is 1. The number of Topliss-reactive ketones (excluding diaryl/α,β-unsaturated/α-hetero) is 1. The molecular formula is C15H17N3O2. The Hall–Kier alpha value is -2.30. The lowest BCUT2D eigenvalue weighted by Crippen LogP contribution is -2.11. The first-order valence-electron chi connectivity index (χ1n) is 6.34. The Bertz CT molecular complexity index is 636. The van der Waals surface area contributed by atoms with Crippen molar-refractivity contribution in [1.29, 1.82) is 0 Å². The van der Waals surface area contributed by atoms with Gasteiger partial charge in [-0.15, -0.1) is 0 Å². The Labute approximate surface area is 118 Å². The number of nitrogens with zero attached hydrogens (tertiary/aromatic N) is 3. The third kappa shape index (κ3) is 2.82. The molecule has 0 amide bonds. The molecule has 0 unspecified atom stereocenters. The molecular weight excluding hydrogens is 254 g/mol. The molecule has 0 saturated heterocycles. The summed E-state index contributed by atoms with van der Waals surface area (Å²) in [6, 6.07) is 0. The summed E-state index contributed by atoms with van der Waals surface area (Å²) in [4.78, 5) is 24.6. The molecule has 2 rings (SSSR count). The van der Waals surface area contributed by atoms with Crippen LogP contribution < -0.4 is 4.74 Å². The van der Waals surface area contributed by atoms with Crippen molar-refractivity contribution >= 4 is 5.78 Å². The van der Waals surface area contributed by atoms with E-state index in [9.17, 15) is 4.79 Å². The van der Waals surface area contributed by atoms with Crippen LogP contribution in [-0.2, 0) is 6.42 Å². The summed E-state index contributed by atoms with van der Waals surface area (Å²) in [5.41, 5.74) is 3.45. The van der Waals surface area contributed by atoms with Crippen LogP contribution in [0.2, 0.25) is 0 Å². The van der Waals surface area contributed by atoms with E-state index in [0.29, 0.717) is 5.69 Å². The molecule has 0 bridgehead atoms. The van der Waals surface area contributed by atoms with Gasteiger partial charge in [0.25, 0.3) is 0 Å². The van der Waals surface area contributed by atoms with E-state index < -0.39 is 0 Å². The zero-order valence-corrected chi connectivity index (χ0v) is 12.1. The summed E-state index contributed by atoms with van der Waals surface area (Å²) in [7, 11) is 1.62. The van der Waals surface area contributed by atoms with Gasteiger partial charge in [0.15, 0.2) is 5.82 Å². The Morgan fingerprint density at radius 3 is 2.35 bits per heavy atom. The van der Waals surface area contributed by atoms with Gasteiger partial charge in [-0.2, -0.15) is 0 Å². The first-order chi connectivity index (χ1) is 9.52. The van der Waals surface area contributed by atoms with Crippen molar-refractivity contribution in [2.45, 2.75) is 27.2 Å². The van der Waals surface area contributed by atoms with Gasteiger partial charge < -0.3 is 4.74 Å². The minimum absolute atomic E-state index is 0.147. The van der Waals surface area contributed by atoms with Gasteiger partial charge in [-0.1, -0.05) is 0 Å². The normalized spacial score (nSPS) is 10.4. The number of aryl methyl sites for hydroxylation is 2. The maximum absolute atomic E-state index is 12.2. The van der Waals surface area contributed by atoms with Gasteiger partial charge >= 0.3 is 0 Å². The minimum Gasteiger partial charge on any atom is -0.496 e. The van der Waals surface area contributed by atoms with Crippen LogP contribution >= 0.6 is 0 Å². The number of aromatic nitrogens is 3. The molecule has 0 aliphatic rings. The van der Waals surface area contributed by atoms with Crippen molar-refractivity contribution in [1.82, 2.24) is 15.0 Å². The maximum Gasteiger partial charge on any atom is 0.205 e. The largest absolute Gasteiger partial charge is 0.496 e. The Kier molecular flexibility index (Phi) is 4.08. The SMILES string of the molecule is COc1c(C)cnc(CC(=O)c2ncc(C)cn2)c1C. The third-order valence-corrected chi connectivity index (χ3v) is 3.11. The van der Waals surface area contributed by atoms with E-state index in [-0.39, 0.29) is 18.0 Å². The van der Waals surface area contributed by atoms with Crippen molar-refractivity contribution in [2.24, 2.45) is 0 Å². The molecule has 0 spiro atoms. The molecule has 20 heavy (non-hydrogen) atoms. The number of ether oxygens (including phenoxy) is 1. The molecule has 0 aromatic carbocycles. The maximum atomic E-state index is 12.2. The van der Waals surface area contributed by atoms with Crippen LogP contribution in [0.15, 0.2) is 18.6 Å². The van der Waals surface area contributed by atoms with Crippen molar-refractivity contribution in [3.63, 3.8) is 0 Å². The van der Waals surface area contributed by atoms with Crippen LogP contribution in [0.1, 0.15) is 33.0 Å². The lowest BCUT2D eigenvalue weighted by atomic mass is 10.1. The van der Waals surface area contributed by atoms with E-state index >= 15 is 0 Å². The Balaban J connectivity index is 2.26. The van der Waals surface area contributed by atoms with Crippen molar-refractivity contribution in [3.05, 3.63) is 46.8 Å². The average Bonchev–Trinajstić information content (AvgIpc) is 2.43. The zero-order valence-electron chi connectivity index (χ0n) is 12.1. The molecule has 0 N–H and O–H groups in total. The summed E-state index contributed by atoms with van der Waals surface area (Å²) >= 11 is 0. The van der Waals surface area contributed by atoms with Crippen molar-refractivity contribution in [3.8, 4) is 5.75 Å². The van der Waals surface area contributed by atoms with Crippen LogP contribution in [0.5, 0.6) is 5.75 Å². The molecule has 2 heterocycles. The van der Waals surface area contributed by atoms with Gasteiger partial charge in [0.2, 0.25) is 5.78 Å². The summed E-state index contributed by atoms with van der Waals surface area (Å²) in [6.07, 6.45) is 5.16. The highest BCUT2D eigenvalue weighted by atomic mass is 16.5. The summed E-state index contributed by atoms with van der Waals surface area (Å²) in [6.45, 7) is 5.70. The standard InChI is InChI=1S/C15H17N3O2/c1-9-6-17-15(18-7-9)13(19)5-12-11(3)14(20-4)10(2)8-16-12/h6-8H,5H2,1-4H3. The number of carbonyl (C=O) groups is 1. The summed E-state index contributed by atoms with van der Waals surface area (Å²) in [5.74, 6) is 0.843. The van der Waals surface area contributed by atoms with E-state index in [1.165, 1.54) is 0 Å². The number of hydrogen-bond acceptors (Lipinski definition) is 5. The molecule has 0 aliphatic carbocycles. The number of methoxy groups -OCH3 is 1. The van der Waals surface area contributed by atoms with Gasteiger partial charge in [-0.3, -0.25) is 9.78 Å². The summed E-state index contributed by atoms with van der Waals surface area (Å²) < 4.78 is 5.34. The monoisotopic (exact) mass is 271 g/mol. The molecule has 0 atom stereocenters. The Morgan fingerprint density at radius 2 is 1.75 bits per heavy atom. The minimum atomic E-state index is -0.147. The molecule has 5 nitrogen and oxygen atoms in total. The van der Waals surface area contributed by atoms with E-state index in [1.54, 1.807) is 25.7 Å². The molecule has 5 heteroatoms. The first kappa shape index (κ1) is 14.1. The first-order valence-corrected chi connectivity index (χ1v) is 6.34. The van der Waals surface area contributed by atoms with Crippen LogP contribution in [-0.4, -0.2) is 27.8 Å². The van der Waals surface area contributed by atoms with Gasteiger partial charge in [0, 0.05) is 29.7 Å². The fourth-order valence-corrected chi connectivity index (χ4v) is 2.02. The Morgan fingerprint density at radius 1 is 1.10 bits per heavy atom. The fourth-order valence-electron chi connectivity index (χ4n) is 2.02. The highest BCUT2D eigenvalue weighted by Gasteiger charge is 2.15. The van der Waals surface area contributed by atoms with Crippen molar-refractivity contribution in [2.75, 3.05) is 7.11 Å². The van der Waals surface area contributed by atoms with Crippen LogP contribution in [0.3, 0.4) is 0 Å². The van der Waals surface area contributed by atoms with Gasteiger partial charge in [-0.05, 0) is 26.3 Å². The number of ketones is 1. The second kappa shape index (κ2) is 5.77. The predicted octanol–water partition coefficient (Wildman–Crippen LogP) is 2.23. The van der Waals surface area contributed by atoms with E-state index in [4.69, 9.17) is 4.74 Å². The lowest BCUT2D eigenvalue weighted by Gasteiger charge is -2.11. The van der Waals surface area contributed by atoms with E-state index in [1.807, 2.05) is 20.8 Å². The zero-order chi connectivity index (χ0) is 14.7. The average molecular weight is 271 g/mol. The van der Waals surface area contributed by atoms with Gasteiger partial charge in [-0.25, -0.2) is 9.97 Å². The quantitative estimate of drug-likeness (QED) is 0.798. The van der Waals surface area contributed by atoms with E-state index in [2.05, 4.69) is 15.0 Å². The molecule has 0 radical (unpaired) electrons. The highest BCUT2D eigenvalue weighted by Crippen LogP contribution is 2.24. The molecule has 2 aromatic rings. The molecule has 0 saturated carbocycles. The summed E-state index contributed by atoms with van der Waals surface area (Å²) in [5, 5.41) is 0. The number of rotatable bonds is 4. The molecule has 0 fully saturated rings. The van der Waals surface area contributed by atoms with Gasteiger partial charge in [0.05, 0.1) is 19.2 Å². The predicted molar refractivity (Wildman–Crippen MR) is 75.1 cm³/mol. The molecule has 2 aromatic heterocycles. The smallest absolute Gasteiger partial charge is 0.205 e. The topological polar surface area (TPSA) is 65.0 Å². The second-order valence-electron chi connectivity index (χ2n) is 4.73.